The number of carbonyl (C=O) groups is 3. The number of rotatable bonds is 13. The molecule has 11 aliphatic rings. The van der Waals surface area contributed by atoms with Crippen molar-refractivity contribution >= 4 is 23.5 Å². The van der Waals surface area contributed by atoms with Crippen molar-refractivity contribution in [3.05, 3.63) is 117 Å². The van der Waals surface area contributed by atoms with Crippen LogP contribution in [-0.4, -0.2) is 110 Å². The van der Waals surface area contributed by atoms with E-state index >= 15 is 14.4 Å². The number of hydrogen-bond donors (Lipinski definition) is 9. The summed E-state index contributed by atoms with van der Waals surface area (Å²) < 4.78 is 14.1. The highest BCUT2D eigenvalue weighted by Crippen LogP contribution is 2.61. The normalized spacial score (nSPS) is 37.9. The van der Waals surface area contributed by atoms with E-state index in [9.17, 15) is 5.11 Å². The quantitative estimate of drug-likeness (QED) is 0.0394. The van der Waals surface area contributed by atoms with E-state index in [1.807, 2.05) is 38.5 Å². The zero-order valence-corrected chi connectivity index (χ0v) is 49.4. The van der Waals surface area contributed by atoms with E-state index in [0.717, 1.165) is 125 Å². The van der Waals surface area contributed by atoms with Gasteiger partial charge in [0.15, 0.2) is 17.3 Å². The molecule has 15 nitrogen and oxygen atoms in total. The highest BCUT2D eigenvalue weighted by molar-refractivity contribution is 6.33. The van der Waals surface area contributed by atoms with Crippen LogP contribution in [0.3, 0.4) is 0 Å². The Kier molecular flexibility index (Phi) is 16.2. The lowest BCUT2D eigenvalue weighted by molar-refractivity contribution is -0.167. The molecule has 6 heterocycles. The van der Waals surface area contributed by atoms with Crippen LogP contribution in [0.25, 0.3) is 0 Å². The van der Waals surface area contributed by atoms with Gasteiger partial charge in [0.2, 0.25) is 5.78 Å². The van der Waals surface area contributed by atoms with Crippen LogP contribution in [0.4, 0.5) is 0 Å². The first-order valence-electron chi connectivity index (χ1n) is 31.8. The molecule has 0 aromatic heterocycles. The molecule has 1 aromatic carbocycles. The predicted octanol–water partition coefficient (Wildman–Crippen LogP) is 8.26. The van der Waals surface area contributed by atoms with Crippen molar-refractivity contribution < 1.29 is 29.0 Å². The maximum atomic E-state index is 16.3. The van der Waals surface area contributed by atoms with Gasteiger partial charge in [0.05, 0.1) is 17.9 Å². The SMILES string of the molecule is CN=C1NCCC[C@@](C/C(C)=C/C[C@@]23O[C@@]24C(=O)O[C@@H]2[C@@H](CCO)CC[C@]5(NCC6CCCCC6)C=C6C=CC[C@H](CCCC[C@@](C)(CC7=CNC(N)C=C7)Cc7cccc(c7C4=O)C3=O)[C@H]6C[C@H]25)(C2=CCNC3=C2CC[C@H](NC)N3)N1. The molecule has 0 radical (unpaired) electrons. The van der Waals surface area contributed by atoms with Gasteiger partial charge in [-0.15, -0.1) is 0 Å². The summed E-state index contributed by atoms with van der Waals surface area (Å²) in [6, 6.07) is 5.67. The Hall–Kier alpha value is -5.32. The van der Waals surface area contributed by atoms with Gasteiger partial charge in [0.25, 0.3) is 5.60 Å². The number of aliphatic hydroxyl groups excluding tert-OH is 1. The summed E-state index contributed by atoms with van der Waals surface area (Å²) in [5.41, 5.74) is 8.25. The number of dihydropyridines is 2. The summed E-state index contributed by atoms with van der Waals surface area (Å²) in [7, 11) is 3.79. The van der Waals surface area contributed by atoms with E-state index in [1.54, 1.807) is 6.07 Å². The van der Waals surface area contributed by atoms with Crippen LogP contribution in [0, 0.1) is 35.0 Å². The third-order valence-corrected chi connectivity index (χ3v) is 21.7. The van der Waals surface area contributed by atoms with Gasteiger partial charge in [-0.1, -0.05) is 99.3 Å². The molecule has 10 N–H and O–H groups in total. The minimum atomic E-state index is -2.20. The van der Waals surface area contributed by atoms with Gasteiger partial charge in [0.1, 0.15) is 11.9 Å². The molecule has 5 aliphatic carbocycles. The van der Waals surface area contributed by atoms with E-state index in [1.165, 1.54) is 48.8 Å². The molecular formula is C67H93N9O6. The van der Waals surface area contributed by atoms with Crippen molar-refractivity contribution in [3.8, 4) is 0 Å². The zero-order valence-electron chi connectivity index (χ0n) is 49.4. The number of hydrogen-bond acceptors (Lipinski definition) is 13. The van der Waals surface area contributed by atoms with Crippen molar-refractivity contribution in [2.24, 2.45) is 45.7 Å². The molecule has 1 unspecified atom stereocenters. The highest BCUT2D eigenvalue weighted by atomic mass is 16.7. The Bertz CT molecular complexity index is 2920. The molecule has 82 heavy (non-hydrogen) atoms. The number of epoxide rings is 1. The summed E-state index contributed by atoms with van der Waals surface area (Å²) in [6.45, 7) is 6.71. The van der Waals surface area contributed by atoms with Crippen LogP contribution < -0.4 is 43.0 Å². The number of ketones is 2. The Morgan fingerprint density at radius 1 is 0.988 bits per heavy atom. The van der Waals surface area contributed by atoms with Crippen molar-refractivity contribution in [3.63, 3.8) is 0 Å². The van der Waals surface area contributed by atoms with Gasteiger partial charge in [0, 0.05) is 61.9 Å². The molecule has 12 rings (SSSR count). The Morgan fingerprint density at radius 3 is 2.65 bits per heavy atom. The number of aliphatic imine (C=N–C) groups is 1. The predicted molar refractivity (Wildman–Crippen MR) is 321 cm³/mol. The molecule has 0 amide bonds. The van der Waals surface area contributed by atoms with Crippen molar-refractivity contribution in [1.82, 2.24) is 37.2 Å². The molecule has 15 heteroatoms. The molecule has 4 fully saturated rings. The van der Waals surface area contributed by atoms with Gasteiger partial charge in [-0.2, -0.15) is 0 Å². The maximum Gasteiger partial charge on any atom is 0.350 e. The average molecular weight is 1120 g/mol. The largest absolute Gasteiger partial charge is 0.459 e. The first-order valence-corrected chi connectivity index (χ1v) is 31.8. The van der Waals surface area contributed by atoms with E-state index in [2.05, 4.69) is 92.5 Å². The second-order valence-electron chi connectivity index (χ2n) is 27.0. The fourth-order valence-electron chi connectivity index (χ4n) is 17.3. The fourth-order valence-corrected chi connectivity index (χ4v) is 17.3. The van der Waals surface area contributed by atoms with Crippen molar-refractivity contribution in [2.75, 3.05) is 40.3 Å². The van der Waals surface area contributed by atoms with Gasteiger partial charge in [-0.25, -0.2) is 4.79 Å². The maximum absolute atomic E-state index is 16.3. The van der Waals surface area contributed by atoms with E-state index in [4.69, 9.17) is 15.2 Å². The monoisotopic (exact) mass is 1120 g/mol. The van der Waals surface area contributed by atoms with Crippen molar-refractivity contribution in [2.45, 2.75) is 196 Å². The second kappa shape index (κ2) is 23.3. The lowest BCUT2D eigenvalue weighted by atomic mass is 9.56. The summed E-state index contributed by atoms with van der Waals surface area (Å²) in [6.07, 6.45) is 36.7. The van der Waals surface area contributed by atoms with Gasteiger partial charge >= 0.3 is 5.97 Å². The number of guanidine groups is 1. The number of nitrogens with zero attached hydrogens (tertiary/aromatic N) is 1. The minimum Gasteiger partial charge on any atom is -0.459 e. The summed E-state index contributed by atoms with van der Waals surface area (Å²) in [4.78, 5) is 53.2. The first-order chi connectivity index (χ1) is 39.7. The van der Waals surface area contributed by atoms with Crippen LogP contribution >= 0.6 is 0 Å². The number of benzene rings is 1. The third kappa shape index (κ3) is 10.5. The highest BCUT2D eigenvalue weighted by Gasteiger charge is 2.86. The van der Waals surface area contributed by atoms with Crippen LogP contribution in [0.1, 0.15) is 175 Å². The number of allylic oxidation sites excluding steroid dienone is 5. The number of ether oxygens (including phenoxy) is 2. The molecule has 2 saturated heterocycles. The molecule has 2 saturated carbocycles. The summed E-state index contributed by atoms with van der Waals surface area (Å²) >= 11 is 0. The minimum absolute atomic E-state index is 0.0156. The number of aliphatic hydroxyl groups is 1. The second-order valence-corrected chi connectivity index (χ2v) is 27.0. The third-order valence-electron chi connectivity index (χ3n) is 21.7. The summed E-state index contributed by atoms with van der Waals surface area (Å²) in [5, 5.41) is 36.4. The number of esters is 1. The van der Waals surface area contributed by atoms with Gasteiger partial charge < -0.3 is 57.5 Å². The van der Waals surface area contributed by atoms with Crippen LogP contribution in [-0.2, 0) is 20.7 Å². The topological polar surface area (TPSA) is 216 Å². The number of nitrogens with one attached hydrogen (secondary N) is 7. The molecule has 12 atom stereocenters. The lowest BCUT2D eigenvalue weighted by Gasteiger charge is -2.55. The Morgan fingerprint density at radius 2 is 1.84 bits per heavy atom. The van der Waals surface area contributed by atoms with E-state index in [0.29, 0.717) is 43.2 Å². The van der Waals surface area contributed by atoms with Crippen LogP contribution in [0.15, 0.2) is 106 Å². The molecule has 1 aromatic rings. The average Bonchev–Trinajstić information content (AvgIpc) is 1.58. The first kappa shape index (κ1) is 57.1. The number of Topliss-reactive ketones (excluding diaryl/α,β-unsaturated/α-hetero) is 2. The molecule has 4 bridgehead atoms. The molecular weight excluding hydrogens is 1030 g/mol. The van der Waals surface area contributed by atoms with E-state index < -0.39 is 40.1 Å². The Balaban J connectivity index is 0.951. The molecule has 6 aliphatic heterocycles. The van der Waals surface area contributed by atoms with Crippen LogP contribution in [0.5, 0.6) is 0 Å². The van der Waals surface area contributed by atoms with E-state index in [-0.39, 0.29) is 59.9 Å². The smallest absolute Gasteiger partial charge is 0.350 e. The van der Waals surface area contributed by atoms with Gasteiger partial charge in [-0.3, -0.25) is 14.6 Å². The zero-order chi connectivity index (χ0) is 56.9. The lowest BCUT2D eigenvalue weighted by Crippen LogP contribution is -2.63. The number of nitrogens with two attached hydrogens (primary N) is 1. The standard InChI is InChI=1S/C67H93N9O6/c1-42(36-65(29-12-32-72-62(70-4)76-65)52-26-33-71-60-49(52)21-23-55(69-3)75-60)24-31-66-58(78)50-19-11-18-48-38-63(2,37-44-20-22-54(68)73-40-44)28-9-8-15-45-16-10-17-47-39-64(74-41-43-13-6-5-7-14-43)30-25-46(27-34-77)57(53(64)35-51(45)47)81-61(80)67(66,82-66)59(79)56(48)50/h10-11,17-20,22,24,26,39-40,43,45-46,51,53-55,57,69,71,73-75,77H,5-9,12-16,21,23,25,27-38,41,68H2,1-4H3,(H2,70,72,76)/b42-24+/t45-,46+,51+,53+,54?,55+,57+,63-,64-,65+,66-,67-/m0/s1. The molecule has 442 valence electrons. The number of carbonyl (C=O) groups excluding carboxylic acids is 3. The van der Waals surface area contributed by atoms with Gasteiger partial charge in [-0.05, 0) is 186 Å². The van der Waals surface area contributed by atoms with Crippen molar-refractivity contribution in [1.29, 1.82) is 0 Å². The Labute approximate surface area is 486 Å². The summed E-state index contributed by atoms with van der Waals surface area (Å²) in [5.74, 6) is 1.21. The molecule has 1 spiro atoms. The van der Waals surface area contributed by atoms with Crippen LogP contribution in [0.2, 0.25) is 0 Å². The fraction of sp³-hybridized carbons (Fsp3) is 0.642.